The fourth-order valence-electron chi connectivity index (χ4n) is 2.65. The first-order valence-electron chi connectivity index (χ1n) is 8.99. The molecule has 0 aliphatic rings. The van der Waals surface area contributed by atoms with E-state index in [1.165, 1.54) is 77.0 Å². The molecule has 0 heterocycles. The van der Waals surface area contributed by atoms with Crippen LogP contribution in [0.15, 0.2) is 0 Å². The van der Waals surface area contributed by atoms with Crippen LogP contribution < -0.4 is 0 Å². The quantitative estimate of drug-likeness (QED) is 0.176. The molecule has 0 aromatic rings. The summed E-state index contributed by atoms with van der Waals surface area (Å²) >= 11 is 4.32. The molecule has 0 saturated heterocycles. The van der Waals surface area contributed by atoms with E-state index in [1.54, 1.807) is 5.21 Å². The average molecular weight is 376 g/mol. The fourth-order valence-corrected chi connectivity index (χ4v) is 4.59. The van der Waals surface area contributed by atoms with E-state index in [0.717, 1.165) is 12.8 Å². The molecule has 0 amide bonds. The van der Waals surface area contributed by atoms with Crippen molar-refractivity contribution in [3.8, 4) is 0 Å². The molecule has 0 aromatic heterocycles. The van der Waals surface area contributed by atoms with E-state index in [9.17, 15) is 0 Å². The number of aliphatic hydroxyl groups is 1. The zero-order valence-electron chi connectivity index (χ0n) is 14.4. The Morgan fingerprint density at radius 1 is 0.667 bits per heavy atom. The van der Waals surface area contributed by atoms with E-state index in [2.05, 4.69) is 23.6 Å². The second-order valence-electron chi connectivity index (χ2n) is 6.54. The van der Waals surface area contributed by atoms with Gasteiger partial charge in [0.15, 0.2) is 5.05 Å². The van der Waals surface area contributed by atoms with Gasteiger partial charge >= 0.3 is 102 Å². The topological polar surface area (TPSA) is 20.2 Å². The zero-order chi connectivity index (χ0) is 15.8. The van der Waals surface area contributed by atoms with Crippen molar-refractivity contribution in [2.24, 2.45) is 0 Å². The van der Waals surface area contributed by atoms with E-state index < -0.39 is 0 Å². The van der Waals surface area contributed by atoms with Gasteiger partial charge < -0.3 is 5.11 Å². The summed E-state index contributed by atoms with van der Waals surface area (Å²) in [5.74, 6) is 0. The molecular formula is C18H37AsOS. The number of unbranched alkanes of at least 4 members (excludes halogenated alkanes) is 12. The molecule has 0 aliphatic carbocycles. The van der Waals surface area contributed by atoms with Gasteiger partial charge in [-0.15, -0.1) is 0 Å². The van der Waals surface area contributed by atoms with Crippen LogP contribution in [-0.2, 0) is 0 Å². The van der Waals surface area contributed by atoms with Gasteiger partial charge in [0.25, 0.3) is 0 Å². The molecule has 3 heteroatoms. The summed E-state index contributed by atoms with van der Waals surface area (Å²) in [5, 5.41) is 10.6. The third-order valence-electron chi connectivity index (χ3n) is 4.00. The maximum atomic E-state index is 8.90. The van der Waals surface area contributed by atoms with E-state index in [4.69, 9.17) is 5.11 Å². The van der Waals surface area contributed by atoms with Gasteiger partial charge in [-0.2, -0.15) is 0 Å². The van der Waals surface area contributed by atoms with Gasteiger partial charge in [0.2, 0.25) is 0 Å². The molecule has 0 aliphatic heterocycles. The Balaban J connectivity index is 2.98. The van der Waals surface area contributed by atoms with E-state index in [0.29, 0.717) is 0 Å². The van der Waals surface area contributed by atoms with Crippen LogP contribution in [-0.4, -0.2) is 24.8 Å². The first kappa shape index (κ1) is 21.4. The van der Waals surface area contributed by atoms with Crippen LogP contribution in [0.1, 0.15) is 89.9 Å². The molecule has 0 atom stereocenters. The van der Waals surface area contributed by atoms with Gasteiger partial charge in [-0.1, -0.05) is 6.42 Å². The number of hydrogen-bond donors (Lipinski definition) is 1. The molecule has 0 bridgehead atoms. The van der Waals surface area contributed by atoms with Crippen molar-refractivity contribution in [3.63, 3.8) is 0 Å². The summed E-state index contributed by atoms with van der Waals surface area (Å²) in [4.78, 5) is 0. The predicted octanol–water partition coefficient (Wildman–Crippen LogP) is 7.09. The van der Waals surface area contributed by atoms with Crippen LogP contribution in [0.2, 0.25) is 16.6 Å². The van der Waals surface area contributed by atoms with Crippen molar-refractivity contribution in [1.29, 1.82) is 0 Å². The average Bonchev–Trinajstić information content (AvgIpc) is 2.42. The van der Waals surface area contributed by atoms with E-state index >= 15 is 0 Å². The minimum absolute atomic E-state index is 0.182. The first-order chi connectivity index (χ1) is 10.1. The Morgan fingerprint density at radius 2 is 1.00 bits per heavy atom. The van der Waals surface area contributed by atoms with Crippen molar-refractivity contribution >= 4 is 31.9 Å². The predicted molar refractivity (Wildman–Crippen MR) is 102 cm³/mol. The molecule has 1 nitrogen and oxygen atoms in total. The van der Waals surface area contributed by atoms with Gasteiger partial charge in [-0.25, -0.2) is 0 Å². The van der Waals surface area contributed by atoms with Crippen molar-refractivity contribution in [2.75, 3.05) is 0 Å². The van der Waals surface area contributed by atoms with Gasteiger partial charge in [-0.3, -0.25) is 0 Å². The second kappa shape index (κ2) is 16.8. The smallest absolute Gasteiger partial charge is 0.502 e. The van der Waals surface area contributed by atoms with Crippen molar-refractivity contribution in [1.82, 2.24) is 0 Å². The third-order valence-corrected chi connectivity index (χ3v) is 6.74. The van der Waals surface area contributed by atoms with Gasteiger partial charge in [0, 0.05) is 6.42 Å². The second-order valence-corrected chi connectivity index (χ2v) is 12.5. The number of rotatable bonds is 16. The Hall–Kier alpha value is 0.448. The van der Waals surface area contributed by atoms with Gasteiger partial charge in [-0.05, 0) is 18.6 Å². The Morgan fingerprint density at radius 3 is 1.33 bits per heavy atom. The Bertz CT molecular complexity index is 231. The zero-order valence-corrected chi connectivity index (χ0v) is 17.1. The molecule has 0 rings (SSSR count). The van der Waals surface area contributed by atoms with Crippen LogP contribution in [0.3, 0.4) is 0 Å². The minimum Gasteiger partial charge on any atom is -0.502 e. The molecule has 0 fully saturated rings. The fraction of sp³-hybridized carbons (Fsp3) is 0.944. The maximum absolute atomic E-state index is 8.90. The van der Waals surface area contributed by atoms with Crippen molar-refractivity contribution < 1.29 is 5.11 Å². The van der Waals surface area contributed by atoms with Gasteiger partial charge in [0.05, 0.1) is 0 Å². The SMILES string of the molecule is C[As](C)CCCCCCCCCCCCCCCC(O)=S. The van der Waals surface area contributed by atoms with E-state index in [-0.39, 0.29) is 19.7 Å². The summed E-state index contributed by atoms with van der Waals surface area (Å²) in [6, 6.07) is 0. The summed E-state index contributed by atoms with van der Waals surface area (Å²) in [6.45, 7) is 0. The molecule has 0 saturated carbocycles. The molecular weight excluding hydrogens is 339 g/mol. The summed E-state index contributed by atoms with van der Waals surface area (Å²) in [5.41, 5.74) is 4.93. The Labute approximate surface area is 143 Å². The molecule has 0 unspecified atom stereocenters. The number of thiocarbonyl (C=S) groups is 1. The third kappa shape index (κ3) is 20.4. The number of aliphatic hydroxyl groups excluding tert-OH is 1. The molecule has 1 N–H and O–H groups in total. The van der Waals surface area contributed by atoms with Gasteiger partial charge in [0.1, 0.15) is 0 Å². The molecule has 0 radical (unpaired) electrons. The van der Waals surface area contributed by atoms with Crippen LogP contribution in [0, 0.1) is 0 Å². The monoisotopic (exact) mass is 376 g/mol. The van der Waals surface area contributed by atoms with Crippen LogP contribution >= 0.6 is 12.2 Å². The van der Waals surface area contributed by atoms with Crippen LogP contribution in [0.5, 0.6) is 0 Å². The standard InChI is InChI=1S/C18H37AsOS/c1-19(2)17-15-13-11-9-7-5-3-4-6-8-10-12-14-16-18(20)21/h3-17H2,1-2H3,(H,20,21). The summed E-state index contributed by atoms with van der Waals surface area (Å²) < 4.78 is 0. The minimum atomic E-state index is -0.342. The molecule has 0 aromatic carbocycles. The summed E-state index contributed by atoms with van der Waals surface area (Å²) in [6.07, 6.45) is 18.7. The molecule has 126 valence electrons. The van der Waals surface area contributed by atoms with E-state index in [1.807, 2.05) is 0 Å². The molecule has 0 spiro atoms. The van der Waals surface area contributed by atoms with Crippen LogP contribution in [0.4, 0.5) is 0 Å². The van der Waals surface area contributed by atoms with Crippen LogP contribution in [0.25, 0.3) is 0 Å². The summed E-state index contributed by atoms with van der Waals surface area (Å²) in [7, 11) is 0. The van der Waals surface area contributed by atoms with Crippen molar-refractivity contribution in [2.45, 2.75) is 107 Å². The first-order valence-corrected chi connectivity index (χ1v) is 14.5. The van der Waals surface area contributed by atoms with Crippen molar-refractivity contribution in [3.05, 3.63) is 0 Å². The number of hydrogen-bond acceptors (Lipinski definition) is 1. The molecule has 21 heavy (non-hydrogen) atoms. The Kier molecular flexibility index (Phi) is 17.2. The normalized spacial score (nSPS) is 11.2.